The van der Waals surface area contributed by atoms with Crippen LogP contribution in [0.25, 0.3) is 0 Å². The van der Waals surface area contributed by atoms with E-state index < -0.39 is 0 Å². The molecule has 0 saturated heterocycles. The molecule has 1 aromatic rings. The number of hydrogen-bond donors (Lipinski definition) is 0. The van der Waals surface area contributed by atoms with Gasteiger partial charge in [-0.05, 0) is 18.6 Å². The quantitative estimate of drug-likeness (QED) is 0.498. The zero-order valence-electron chi connectivity index (χ0n) is 7.92. The molecule has 0 unspecified atom stereocenters. The summed E-state index contributed by atoms with van der Waals surface area (Å²) in [7, 11) is 0. The molecule has 0 nitrogen and oxygen atoms in total. The second-order valence-electron chi connectivity index (χ2n) is 2.77. The Bertz CT molecular complexity index is 266. The van der Waals surface area contributed by atoms with Gasteiger partial charge in [-0.25, -0.2) is 0 Å². The summed E-state index contributed by atoms with van der Waals surface area (Å²) in [6, 6.07) is 10.1. The van der Waals surface area contributed by atoms with Crippen LogP contribution in [0.15, 0.2) is 30.3 Å². The molecule has 0 bridgehead atoms. The van der Waals surface area contributed by atoms with Crippen molar-refractivity contribution in [2.45, 2.75) is 26.2 Å². The summed E-state index contributed by atoms with van der Waals surface area (Å²) in [6.07, 6.45) is 3.45. The van der Waals surface area contributed by atoms with Crippen LogP contribution in [0.2, 0.25) is 0 Å². The smallest absolute Gasteiger partial charge is 0.0245 e. The molecular formula is C12H15Cl. The highest BCUT2D eigenvalue weighted by Gasteiger charge is 1.80. The van der Waals surface area contributed by atoms with Crippen molar-refractivity contribution in [1.29, 1.82) is 0 Å². The third-order valence-corrected chi connectivity index (χ3v) is 1.66. The normalized spacial score (nSPS) is 8.08. The molecule has 1 rings (SSSR count). The second kappa shape index (κ2) is 7.71. The van der Waals surface area contributed by atoms with Crippen molar-refractivity contribution in [2.24, 2.45) is 0 Å². The molecule has 0 aliphatic rings. The van der Waals surface area contributed by atoms with Crippen LogP contribution in [0.4, 0.5) is 0 Å². The molecule has 0 heterocycles. The lowest BCUT2D eigenvalue weighted by molar-refractivity contribution is 0.828. The van der Waals surface area contributed by atoms with Crippen molar-refractivity contribution >= 4 is 12.4 Å². The van der Waals surface area contributed by atoms with E-state index in [-0.39, 0.29) is 12.4 Å². The summed E-state index contributed by atoms with van der Waals surface area (Å²) in [5.41, 5.74) is 1.12. The van der Waals surface area contributed by atoms with Crippen molar-refractivity contribution in [1.82, 2.24) is 0 Å². The number of rotatable bonds is 2. The van der Waals surface area contributed by atoms with Gasteiger partial charge in [-0.3, -0.25) is 0 Å². The van der Waals surface area contributed by atoms with Crippen LogP contribution >= 0.6 is 12.4 Å². The Morgan fingerprint density at radius 3 is 2.46 bits per heavy atom. The molecule has 0 saturated carbocycles. The third kappa shape index (κ3) is 5.33. The van der Waals surface area contributed by atoms with Gasteiger partial charge in [-0.15, -0.1) is 12.4 Å². The molecule has 0 spiro atoms. The van der Waals surface area contributed by atoms with Crippen LogP contribution in [0, 0.1) is 11.8 Å². The van der Waals surface area contributed by atoms with E-state index in [2.05, 4.69) is 18.8 Å². The monoisotopic (exact) mass is 194 g/mol. The first kappa shape index (κ1) is 12.1. The highest BCUT2D eigenvalue weighted by Crippen LogP contribution is 1.96. The van der Waals surface area contributed by atoms with Gasteiger partial charge in [0, 0.05) is 12.0 Å². The third-order valence-electron chi connectivity index (χ3n) is 1.66. The zero-order chi connectivity index (χ0) is 8.65. The minimum atomic E-state index is 0. The number of unbranched alkanes of at least 4 members (excludes halogenated alkanes) is 2. The van der Waals surface area contributed by atoms with Crippen LogP contribution in [-0.2, 0) is 0 Å². The highest BCUT2D eigenvalue weighted by atomic mass is 35.5. The van der Waals surface area contributed by atoms with Crippen molar-refractivity contribution < 1.29 is 0 Å². The maximum Gasteiger partial charge on any atom is 0.0245 e. The topological polar surface area (TPSA) is 0 Å². The second-order valence-corrected chi connectivity index (χ2v) is 2.77. The molecule has 0 aliphatic carbocycles. The Balaban J connectivity index is 0.00000144. The van der Waals surface area contributed by atoms with Crippen LogP contribution in [0.1, 0.15) is 31.7 Å². The van der Waals surface area contributed by atoms with Crippen molar-refractivity contribution in [2.75, 3.05) is 0 Å². The van der Waals surface area contributed by atoms with Gasteiger partial charge in [-0.1, -0.05) is 43.4 Å². The Morgan fingerprint density at radius 2 is 1.85 bits per heavy atom. The Morgan fingerprint density at radius 1 is 1.15 bits per heavy atom. The Hall–Kier alpha value is -0.930. The summed E-state index contributed by atoms with van der Waals surface area (Å²) in [6.45, 7) is 2.18. The molecule has 0 atom stereocenters. The van der Waals surface area contributed by atoms with E-state index in [9.17, 15) is 0 Å². The SMILES string of the molecule is CCCCC#Cc1ccccc1.Cl. The fourth-order valence-electron chi connectivity index (χ4n) is 0.951. The van der Waals surface area contributed by atoms with Gasteiger partial charge in [0.25, 0.3) is 0 Å². The minimum absolute atomic E-state index is 0. The van der Waals surface area contributed by atoms with Crippen LogP contribution < -0.4 is 0 Å². The molecule has 70 valence electrons. The molecule has 1 heteroatoms. The molecule has 0 N–H and O–H groups in total. The lowest BCUT2D eigenvalue weighted by atomic mass is 10.2. The molecule has 0 amide bonds. The molecule has 0 radical (unpaired) electrons. The molecular weight excluding hydrogens is 180 g/mol. The van der Waals surface area contributed by atoms with E-state index >= 15 is 0 Å². The first-order valence-electron chi connectivity index (χ1n) is 4.47. The van der Waals surface area contributed by atoms with Crippen LogP contribution in [0.3, 0.4) is 0 Å². The van der Waals surface area contributed by atoms with Gasteiger partial charge in [-0.2, -0.15) is 0 Å². The summed E-state index contributed by atoms with van der Waals surface area (Å²) in [5, 5.41) is 0. The Labute approximate surface area is 86.8 Å². The summed E-state index contributed by atoms with van der Waals surface area (Å²) < 4.78 is 0. The van der Waals surface area contributed by atoms with E-state index in [1.54, 1.807) is 0 Å². The summed E-state index contributed by atoms with van der Waals surface area (Å²) in [5.74, 6) is 6.28. The van der Waals surface area contributed by atoms with Gasteiger partial charge in [0.2, 0.25) is 0 Å². The predicted molar refractivity (Wildman–Crippen MR) is 60.1 cm³/mol. The van der Waals surface area contributed by atoms with E-state index in [4.69, 9.17) is 0 Å². The average molecular weight is 195 g/mol. The van der Waals surface area contributed by atoms with Crippen molar-refractivity contribution in [3.8, 4) is 11.8 Å². The van der Waals surface area contributed by atoms with Gasteiger partial charge in [0.1, 0.15) is 0 Å². The van der Waals surface area contributed by atoms with Crippen LogP contribution in [0.5, 0.6) is 0 Å². The predicted octanol–water partition coefficient (Wildman–Crippen LogP) is 3.65. The highest BCUT2D eigenvalue weighted by molar-refractivity contribution is 5.85. The molecule has 1 aromatic carbocycles. The number of benzene rings is 1. The fourth-order valence-corrected chi connectivity index (χ4v) is 0.951. The van der Waals surface area contributed by atoms with Crippen molar-refractivity contribution in [3.05, 3.63) is 35.9 Å². The van der Waals surface area contributed by atoms with Gasteiger partial charge < -0.3 is 0 Å². The molecule has 0 aliphatic heterocycles. The molecule has 0 fully saturated rings. The van der Waals surface area contributed by atoms with Crippen LogP contribution in [-0.4, -0.2) is 0 Å². The largest absolute Gasteiger partial charge is 0.147 e. The summed E-state index contributed by atoms with van der Waals surface area (Å²) in [4.78, 5) is 0. The Kier molecular flexibility index (Phi) is 7.15. The van der Waals surface area contributed by atoms with Gasteiger partial charge in [0.05, 0.1) is 0 Å². The average Bonchev–Trinajstić information content (AvgIpc) is 2.14. The standard InChI is InChI=1S/C12H14.ClH/c1-2-3-4-6-9-12-10-7-5-8-11-12;/h5,7-8,10-11H,2-4H2,1H3;1H. The minimum Gasteiger partial charge on any atom is -0.147 e. The maximum atomic E-state index is 3.15. The lowest BCUT2D eigenvalue weighted by Gasteiger charge is -1.86. The van der Waals surface area contributed by atoms with Gasteiger partial charge >= 0.3 is 0 Å². The van der Waals surface area contributed by atoms with E-state index in [1.807, 2.05) is 30.3 Å². The van der Waals surface area contributed by atoms with Crippen molar-refractivity contribution in [3.63, 3.8) is 0 Å². The zero-order valence-corrected chi connectivity index (χ0v) is 8.73. The summed E-state index contributed by atoms with van der Waals surface area (Å²) >= 11 is 0. The lowest BCUT2D eigenvalue weighted by Crippen LogP contribution is -1.71. The first-order chi connectivity index (χ1) is 5.93. The number of hydrogen-bond acceptors (Lipinski definition) is 0. The maximum absolute atomic E-state index is 3.15. The number of halogens is 1. The van der Waals surface area contributed by atoms with E-state index in [1.165, 1.54) is 12.8 Å². The fraction of sp³-hybridized carbons (Fsp3) is 0.333. The van der Waals surface area contributed by atoms with E-state index in [0.717, 1.165) is 12.0 Å². The first-order valence-corrected chi connectivity index (χ1v) is 4.47. The van der Waals surface area contributed by atoms with E-state index in [0.29, 0.717) is 0 Å². The van der Waals surface area contributed by atoms with Gasteiger partial charge in [0.15, 0.2) is 0 Å². The molecule has 0 aromatic heterocycles. The molecule has 13 heavy (non-hydrogen) atoms.